The first-order chi connectivity index (χ1) is 15.9. The highest BCUT2D eigenvalue weighted by Crippen LogP contribution is 2.31. The van der Waals surface area contributed by atoms with Crippen LogP contribution in [0.2, 0.25) is 0 Å². The van der Waals surface area contributed by atoms with Crippen LogP contribution in [0.1, 0.15) is 19.8 Å². The Labute approximate surface area is 189 Å². The van der Waals surface area contributed by atoms with E-state index in [1.165, 1.54) is 24.1 Å². The first-order valence-electron chi connectivity index (χ1n) is 10.8. The van der Waals surface area contributed by atoms with Crippen molar-refractivity contribution in [2.24, 2.45) is 5.92 Å². The van der Waals surface area contributed by atoms with Crippen LogP contribution in [0.15, 0.2) is 24.4 Å². The summed E-state index contributed by atoms with van der Waals surface area (Å²) in [5.74, 6) is 0.270. The van der Waals surface area contributed by atoms with E-state index in [4.69, 9.17) is 4.74 Å². The normalized spacial score (nSPS) is 18.8. The molecule has 1 atom stereocenters. The third-order valence-corrected chi connectivity index (χ3v) is 5.91. The fourth-order valence-corrected chi connectivity index (χ4v) is 4.18. The number of halogens is 1. The lowest BCUT2D eigenvalue weighted by molar-refractivity contribution is -0.119. The minimum absolute atomic E-state index is 0.206. The molecule has 2 aliphatic rings. The van der Waals surface area contributed by atoms with Crippen molar-refractivity contribution >= 4 is 35.6 Å². The molecule has 176 valence electrons. The molecule has 0 unspecified atom stereocenters. The van der Waals surface area contributed by atoms with E-state index in [1.807, 2.05) is 4.90 Å². The van der Waals surface area contributed by atoms with E-state index in [2.05, 4.69) is 20.9 Å². The zero-order valence-corrected chi connectivity index (χ0v) is 18.2. The van der Waals surface area contributed by atoms with Gasteiger partial charge in [0.15, 0.2) is 5.82 Å². The lowest BCUT2D eigenvalue weighted by Crippen LogP contribution is -2.36. The van der Waals surface area contributed by atoms with Crippen LogP contribution in [0, 0.1) is 11.7 Å². The number of nitrogens with one attached hydrogen (secondary N) is 2. The van der Waals surface area contributed by atoms with E-state index in [0.29, 0.717) is 49.2 Å². The Hall–Kier alpha value is -3.70. The Morgan fingerprint density at radius 1 is 1.33 bits per heavy atom. The molecular weight excluding hydrogens is 433 g/mol. The van der Waals surface area contributed by atoms with Gasteiger partial charge < -0.3 is 20.3 Å². The van der Waals surface area contributed by atoms with Crippen LogP contribution in [0.25, 0.3) is 0 Å². The summed E-state index contributed by atoms with van der Waals surface area (Å²) >= 11 is 0. The van der Waals surface area contributed by atoms with E-state index in [0.717, 1.165) is 12.8 Å². The summed E-state index contributed by atoms with van der Waals surface area (Å²) < 4.78 is 21.9. The first-order valence-corrected chi connectivity index (χ1v) is 10.8. The zero-order valence-electron chi connectivity index (χ0n) is 18.2. The van der Waals surface area contributed by atoms with Crippen LogP contribution in [-0.2, 0) is 20.9 Å². The molecule has 0 aliphatic carbocycles. The molecular formula is C21H26FN7O4. The molecule has 2 aromatic rings. The van der Waals surface area contributed by atoms with E-state index in [9.17, 15) is 18.8 Å². The number of piperidine rings is 1. The van der Waals surface area contributed by atoms with Gasteiger partial charge in [0.05, 0.1) is 30.7 Å². The molecule has 12 heteroatoms. The van der Waals surface area contributed by atoms with Crippen molar-refractivity contribution < 1.29 is 23.5 Å². The van der Waals surface area contributed by atoms with Crippen molar-refractivity contribution in [1.82, 2.24) is 20.3 Å². The molecule has 3 amide bonds. The fourth-order valence-electron chi connectivity index (χ4n) is 4.18. The van der Waals surface area contributed by atoms with Crippen molar-refractivity contribution in [2.75, 3.05) is 41.3 Å². The van der Waals surface area contributed by atoms with E-state index >= 15 is 0 Å². The molecule has 2 aliphatic heterocycles. The van der Waals surface area contributed by atoms with Gasteiger partial charge in [-0.05, 0) is 37.0 Å². The topological polar surface area (TPSA) is 122 Å². The van der Waals surface area contributed by atoms with Crippen molar-refractivity contribution in [3.63, 3.8) is 0 Å². The number of hydrogen-bond acceptors (Lipinski definition) is 7. The van der Waals surface area contributed by atoms with Gasteiger partial charge in [-0.3, -0.25) is 14.5 Å². The summed E-state index contributed by atoms with van der Waals surface area (Å²) in [5.41, 5.74) is 0.909. The quantitative estimate of drug-likeness (QED) is 0.572. The molecule has 1 aromatic carbocycles. The van der Waals surface area contributed by atoms with Gasteiger partial charge in [-0.1, -0.05) is 5.21 Å². The number of aromatic nitrogens is 3. The standard InChI is InChI=1S/C21H26FN7O4/c1-14(31)23-9-17-12-28(21(32)33-17)16-2-3-19(18(22)8-16)27-6-4-15(5-7-27)11-29-20(24-13-30)10-25-26-29/h2-3,8,10,13,15,17H,4-7,9,11-12H2,1H3,(H,23,31)(H,24,30)/t17-/m0/s1. The number of benzene rings is 1. The third-order valence-electron chi connectivity index (χ3n) is 5.91. The Morgan fingerprint density at radius 2 is 2.12 bits per heavy atom. The third kappa shape index (κ3) is 5.21. The van der Waals surface area contributed by atoms with Crippen LogP contribution in [0.5, 0.6) is 0 Å². The number of nitrogens with zero attached hydrogens (tertiary/aromatic N) is 5. The Morgan fingerprint density at radius 3 is 2.82 bits per heavy atom. The van der Waals surface area contributed by atoms with Crippen LogP contribution in [0.4, 0.5) is 26.4 Å². The molecule has 33 heavy (non-hydrogen) atoms. The van der Waals surface area contributed by atoms with Crippen molar-refractivity contribution in [3.8, 4) is 0 Å². The van der Waals surface area contributed by atoms with Crippen LogP contribution < -0.4 is 20.4 Å². The van der Waals surface area contributed by atoms with Gasteiger partial charge in [0.2, 0.25) is 12.3 Å². The molecule has 0 bridgehead atoms. The molecule has 2 N–H and O–H groups in total. The van der Waals surface area contributed by atoms with Crippen molar-refractivity contribution in [2.45, 2.75) is 32.4 Å². The van der Waals surface area contributed by atoms with Crippen molar-refractivity contribution in [1.29, 1.82) is 0 Å². The SMILES string of the molecule is CC(=O)NC[C@H]1CN(c2ccc(N3CCC(Cn4nncc4NC=O)CC3)c(F)c2)C(=O)O1. The van der Waals surface area contributed by atoms with Crippen LogP contribution in [0.3, 0.4) is 0 Å². The lowest BCUT2D eigenvalue weighted by Gasteiger charge is -2.34. The predicted molar refractivity (Wildman–Crippen MR) is 117 cm³/mol. The molecule has 11 nitrogen and oxygen atoms in total. The number of ether oxygens (including phenoxy) is 1. The maximum absolute atomic E-state index is 15.0. The second-order valence-electron chi connectivity index (χ2n) is 8.18. The van der Waals surface area contributed by atoms with Gasteiger partial charge in [0.25, 0.3) is 0 Å². The maximum atomic E-state index is 15.0. The minimum atomic E-state index is -0.560. The number of carbonyl (C=O) groups excluding carboxylic acids is 3. The molecule has 1 aromatic heterocycles. The Balaban J connectivity index is 1.34. The average molecular weight is 459 g/mol. The highest BCUT2D eigenvalue weighted by molar-refractivity contribution is 5.90. The second kappa shape index (κ2) is 9.84. The van der Waals surface area contributed by atoms with Crippen LogP contribution >= 0.6 is 0 Å². The van der Waals surface area contributed by atoms with Gasteiger partial charge in [0, 0.05) is 26.6 Å². The van der Waals surface area contributed by atoms with Crippen molar-refractivity contribution in [3.05, 3.63) is 30.2 Å². The molecule has 2 fully saturated rings. The summed E-state index contributed by atoms with van der Waals surface area (Å²) in [7, 11) is 0. The number of carbonyl (C=O) groups is 3. The largest absolute Gasteiger partial charge is 0.442 e. The molecule has 0 radical (unpaired) electrons. The van der Waals surface area contributed by atoms with Gasteiger partial charge >= 0.3 is 6.09 Å². The fraction of sp³-hybridized carbons (Fsp3) is 0.476. The minimum Gasteiger partial charge on any atom is -0.442 e. The molecule has 4 rings (SSSR count). The average Bonchev–Trinajstić information content (AvgIpc) is 3.39. The Kier molecular flexibility index (Phi) is 6.71. The molecule has 0 spiro atoms. The van der Waals surface area contributed by atoms with E-state index in [1.54, 1.807) is 16.8 Å². The van der Waals surface area contributed by atoms with Gasteiger partial charge in [-0.2, -0.15) is 0 Å². The summed E-state index contributed by atoms with van der Waals surface area (Å²) in [6.07, 6.45) is 2.73. The van der Waals surface area contributed by atoms with Gasteiger partial charge in [-0.25, -0.2) is 13.9 Å². The highest BCUT2D eigenvalue weighted by atomic mass is 19.1. The monoisotopic (exact) mass is 459 g/mol. The number of amides is 3. The molecule has 2 saturated heterocycles. The summed E-state index contributed by atoms with van der Waals surface area (Å²) in [6, 6.07) is 4.73. The highest BCUT2D eigenvalue weighted by Gasteiger charge is 2.33. The number of cyclic esters (lactones) is 1. The van der Waals surface area contributed by atoms with E-state index in [-0.39, 0.29) is 19.0 Å². The lowest BCUT2D eigenvalue weighted by atomic mass is 9.96. The molecule has 0 saturated carbocycles. The Bertz CT molecular complexity index is 1020. The van der Waals surface area contributed by atoms with E-state index < -0.39 is 18.0 Å². The smallest absolute Gasteiger partial charge is 0.414 e. The molecule has 3 heterocycles. The zero-order chi connectivity index (χ0) is 23.4. The van der Waals surface area contributed by atoms with Crippen LogP contribution in [-0.4, -0.2) is 65.7 Å². The first kappa shape index (κ1) is 22.5. The second-order valence-corrected chi connectivity index (χ2v) is 8.18. The number of hydrogen-bond donors (Lipinski definition) is 2. The van der Waals surface area contributed by atoms with Gasteiger partial charge in [0.1, 0.15) is 11.9 Å². The summed E-state index contributed by atoms with van der Waals surface area (Å²) in [4.78, 5) is 37.3. The predicted octanol–water partition coefficient (Wildman–Crippen LogP) is 1.36. The van der Waals surface area contributed by atoms with Gasteiger partial charge in [-0.15, -0.1) is 5.10 Å². The number of rotatable bonds is 8. The summed E-state index contributed by atoms with van der Waals surface area (Å²) in [6.45, 7) is 3.83. The number of anilines is 3. The summed E-state index contributed by atoms with van der Waals surface area (Å²) in [5, 5.41) is 13.0. The maximum Gasteiger partial charge on any atom is 0.414 e.